The first kappa shape index (κ1) is 16.1. The SMILES string of the molecule is COc1cc(OC)cc(C(C)c2ccc(-c3ccccc3)cc2)c1. The molecule has 0 spiro atoms. The van der Waals surface area contributed by atoms with Crippen LogP contribution in [0.15, 0.2) is 72.8 Å². The topological polar surface area (TPSA) is 18.5 Å². The standard InChI is InChI=1S/C22H22O2/c1-16(20-13-21(23-2)15-22(14-20)24-3)17-9-11-19(12-10-17)18-7-5-4-6-8-18/h4-16H,1-3H3. The van der Waals surface area contributed by atoms with E-state index in [0.29, 0.717) is 0 Å². The van der Waals surface area contributed by atoms with Crippen LogP contribution in [0.1, 0.15) is 24.0 Å². The van der Waals surface area contributed by atoms with Crippen molar-refractivity contribution in [2.75, 3.05) is 14.2 Å². The fourth-order valence-electron chi connectivity index (χ4n) is 2.87. The van der Waals surface area contributed by atoms with E-state index in [1.165, 1.54) is 22.3 Å². The summed E-state index contributed by atoms with van der Waals surface area (Å²) in [5.74, 6) is 1.90. The third kappa shape index (κ3) is 3.43. The Kier molecular flexibility index (Phi) is 4.85. The molecule has 3 aromatic rings. The van der Waals surface area contributed by atoms with Crippen LogP contribution in [0.4, 0.5) is 0 Å². The quantitative estimate of drug-likeness (QED) is 0.616. The van der Waals surface area contributed by atoms with Crippen molar-refractivity contribution in [3.05, 3.63) is 83.9 Å². The highest BCUT2D eigenvalue weighted by Gasteiger charge is 2.12. The van der Waals surface area contributed by atoms with E-state index in [1.54, 1.807) is 14.2 Å². The van der Waals surface area contributed by atoms with E-state index in [-0.39, 0.29) is 5.92 Å². The van der Waals surface area contributed by atoms with Crippen LogP contribution in [-0.4, -0.2) is 14.2 Å². The summed E-state index contributed by atoms with van der Waals surface area (Å²) in [5.41, 5.74) is 4.91. The van der Waals surface area contributed by atoms with Gasteiger partial charge in [0.1, 0.15) is 11.5 Å². The molecule has 24 heavy (non-hydrogen) atoms. The van der Waals surface area contributed by atoms with Gasteiger partial charge in [-0.3, -0.25) is 0 Å². The molecule has 3 rings (SSSR count). The molecular formula is C22H22O2. The van der Waals surface area contributed by atoms with Crippen LogP contribution >= 0.6 is 0 Å². The molecule has 0 aromatic heterocycles. The van der Waals surface area contributed by atoms with Crippen LogP contribution < -0.4 is 9.47 Å². The summed E-state index contributed by atoms with van der Waals surface area (Å²) in [6.45, 7) is 2.20. The second kappa shape index (κ2) is 7.22. The molecule has 0 aliphatic rings. The Morgan fingerprint density at radius 3 is 1.71 bits per heavy atom. The molecule has 2 heteroatoms. The second-order valence-electron chi connectivity index (χ2n) is 5.86. The molecule has 0 fully saturated rings. The minimum atomic E-state index is 0.263. The van der Waals surface area contributed by atoms with Crippen molar-refractivity contribution in [3.8, 4) is 22.6 Å². The van der Waals surface area contributed by atoms with Gasteiger partial charge in [-0.05, 0) is 34.4 Å². The number of benzene rings is 3. The summed E-state index contributed by atoms with van der Waals surface area (Å²) in [5, 5.41) is 0. The number of hydrogen-bond acceptors (Lipinski definition) is 2. The van der Waals surface area contributed by atoms with Crippen molar-refractivity contribution < 1.29 is 9.47 Å². The molecule has 0 amide bonds. The fourth-order valence-corrected chi connectivity index (χ4v) is 2.87. The maximum Gasteiger partial charge on any atom is 0.122 e. The average Bonchev–Trinajstić information content (AvgIpc) is 2.67. The minimum Gasteiger partial charge on any atom is -0.497 e. The fraction of sp³-hybridized carbons (Fsp3) is 0.182. The summed E-state index contributed by atoms with van der Waals surface area (Å²) in [6.07, 6.45) is 0. The second-order valence-corrected chi connectivity index (χ2v) is 5.86. The van der Waals surface area contributed by atoms with Gasteiger partial charge in [0.2, 0.25) is 0 Å². The molecule has 0 radical (unpaired) electrons. The van der Waals surface area contributed by atoms with E-state index in [0.717, 1.165) is 11.5 Å². The van der Waals surface area contributed by atoms with Crippen LogP contribution in [-0.2, 0) is 0 Å². The summed E-state index contributed by atoms with van der Waals surface area (Å²) in [6, 6.07) is 25.2. The smallest absolute Gasteiger partial charge is 0.122 e. The molecule has 0 aliphatic carbocycles. The number of methoxy groups -OCH3 is 2. The third-order valence-electron chi connectivity index (χ3n) is 4.39. The first-order valence-electron chi connectivity index (χ1n) is 8.09. The predicted molar refractivity (Wildman–Crippen MR) is 98.9 cm³/mol. The first-order chi connectivity index (χ1) is 11.7. The highest BCUT2D eigenvalue weighted by molar-refractivity contribution is 5.63. The van der Waals surface area contributed by atoms with Gasteiger partial charge in [0, 0.05) is 12.0 Å². The predicted octanol–water partition coefficient (Wildman–Crippen LogP) is 5.52. The zero-order chi connectivity index (χ0) is 16.9. The Morgan fingerprint density at radius 2 is 1.17 bits per heavy atom. The molecule has 122 valence electrons. The Morgan fingerprint density at radius 1 is 0.625 bits per heavy atom. The van der Waals surface area contributed by atoms with Gasteiger partial charge in [-0.25, -0.2) is 0 Å². The molecule has 0 saturated carbocycles. The third-order valence-corrected chi connectivity index (χ3v) is 4.39. The van der Waals surface area contributed by atoms with Gasteiger partial charge in [0.05, 0.1) is 14.2 Å². The van der Waals surface area contributed by atoms with Crippen molar-refractivity contribution in [1.82, 2.24) is 0 Å². The van der Waals surface area contributed by atoms with E-state index in [4.69, 9.17) is 9.47 Å². The van der Waals surface area contributed by atoms with Crippen LogP contribution in [0.25, 0.3) is 11.1 Å². The monoisotopic (exact) mass is 318 g/mol. The molecule has 3 aromatic carbocycles. The molecule has 0 N–H and O–H groups in total. The average molecular weight is 318 g/mol. The normalized spacial score (nSPS) is 11.8. The van der Waals surface area contributed by atoms with Crippen LogP contribution in [0.5, 0.6) is 11.5 Å². The van der Waals surface area contributed by atoms with Crippen LogP contribution in [0.3, 0.4) is 0 Å². The summed E-state index contributed by atoms with van der Waals surface area (Å²) >= 11 is 0. The highest BCUT2D eigenvalue weighted by Crippen LogP contribution is 2.32. The van der Waals surface area contributed by atoms with E-state index in [1.807, 2.05) is 12.1 Å². The van der Waals surface area contributed by atoms with E-state index in [2.05, 4.69) is 67.6 Å². The summed E-state index contributed by atoms with van der Waals surface area (Å²) in [4.78, 5) is 0. The molecule has 1 unspecified atom stereocenters. The van der Waals surface area contributed by atoms with Crippen LogP contribution in [0, 0.1) is 0 Å². The lowest BCUT2D eigenvalue weighted by atomic mass is 9.91. The number of ether oxygens (including phenoxy) is 2. The first-order valence-corrected chi connectivity index (χ1v) is 8.09. The van der Waals surface area contributed by atoms with Gasteiger partial charge in [0.15, 0.2) is 0 Å². The molecule has 0 aliphatic heterocycles. The Hall–Kier alpha value is -2.74. The van der Waals surface area contributed by atoms with E-state index >= 15 is 0 Å². The molecule has 0 heterocycles. The van der Waals surface area contributed by atoms with Crippen LogP contribution in [0.2, 0.25) is 0 Å². The van der Waals surface area contributed by atoms with Gasteiger partial charge in [-0.1, -0.05) is 61.5 Å². The van der Waals surface area contributed by atoms with E-state index < -0.39 is 0 Å². The molecule has 0 saturated heterocycles. The Bertz CT molecular complexity index is 770. The van der Waals surface area contributed by atoms with E-state index in [9.17, 15) is 0 Å². The Balaban J connectivity index is 1.89. The highest BCUT2D eigenvalue weighted by atomic mass is 16.5. The van der Waals surface area contributed by atoms with Gasteiger partial charge >= 0.3 is 0 Å². The number of hydrogen-bond donors (Lipinski definition) is 0. The van der Waals surface area contributed by atoms with Gasteiger partial charge in [0.25, 0.3) is 0 Å². The van der Waals surface area contributed by atoms with Crippen molar-refractivity contribution >= 4 is 0 Å². The van der Waals surface area contributed by atoms with Gasteiger partial charge in [-0.15, -0.1) is 0 Å². The van der Waals surface area contributed by atoms with Gasteiger partial charge in [-0.2, -0.15) is 0 Å². The maximum absolute atomic E-state index is 5.38. The molecular weight excluding hydrogens is 296 g/mol. The van der Waals surface area contributed by atoms with Crippen molar-refractivity contribution in [2.45, 2.75) is 12.8 Å². The summed E-state index contributed by atoms with van der Waals surface area (Å²) < 4.78 is 10.8. The molecule has 0 bridgehead atoms. The minimum absolute atomic E-state index is 0.263. The largest absolute Gasteiger partial charge is 0.497 e. The Labute approximate surface area is 143 Å². The van der Waals surface area contributed by atoms with Crippen molar-refractivity contribution in [3.63, 3.8) is 0 Å². The lowest BCUT2D eigenvalue weighted by Crippen LogP contribution is -1.98. The zero-order valence-electron chi connectivity index (χ0n) is 14.3. The maximum atomic E-state index is 5.38. The summed E-state index contributed by atoms with van der Waals surface area (Å²) in [7, 11) is 3.36. The molecule has 1 atom stereocenters. The molecule has 2 nitrogen and oxygen atoms in total. The zero-order valence-corrected chi connectivity index (χ0v) is 14.3. The lowest BCUT2D eigenvalue weighted by Gasteiger charge is -2.16. The van der Waals surface area contributed by atoms with Crippen molar-refractivity contribution in [1.29, 1.82) is 0 Å². The number of rotatable bonds is 5. The lowest BCUT2D eigenvalue weighted by molar-refractivity contribution is 0.393. The van der Waals surface area contributed by atoms with Crippen molar-refractivity contribution in [2.24, 2.45) is 0 Å². The van der Waals surface area contributed by atoms with Gasteiger partial charge < -0.3 is 9.47 Å².